The molecule has 0 aromatic heterocycles. The molecule has 174 valence electrons. The van der Waals surface area contributed by atoms with Crippen LogP contribution in [0.15, 0.2) is 83.9 Å². The van der Waals surface area contributed by atoms with Crippen LogP contribution in [0, 0.1) is 0 Å². The molecular weight excluding hydrogens is 430 g/mol. The minimum Gasteiger partial charge on any atom is -0.463 e. The zero-order valence-electron chi connectivity index (χ0n) is 19.1. The average molecular weight is 458 g/mol. The van der Waals surface area contributed by atoms with Gasteiger partial charge in [0.1, 0.15) is 6.61 Å². The van der Waals surface area contributed by atoms with Gasteiger partial charge < -0.3 is 19.7 Å². The number of nitrogens with one attached hydrogen (secondary N) is 1. The van der Waals surface area contributed by atoms with E-state index in [9.17, 15) is 9.59 Å². The molecule has 4 rings (SSSR count). The molecule has 1 aliphatic rings. The number of alkyl carbamates (subject to hydrolysis) is 1. The Morgan fingerprint density at radius 1 is 0.853 bits per heavy atom. The smallest absolute Gasteiger partial charge is 0.407 e. The second kappa shape index (κ2) is 11.1. The van der Waals surface area contributed by atoms with Crippen LogP contribution < -0.4 is 5.32 Å². The Hall–Kier alpha value is -4.13. The largest absolute Gasteiger partial charge is 0.463 e. The summed E-state index contributed by atoms with van der Waals surface area (Å²) in [6, 6.07) is 25.5. The lowest BCUT2D eigenvalue weighted by Gasteiger charge is -2.24. The van der Waals surface area contributed by atoms with Crippen molar-refractivity contribution in [2.45, 2.75) is 20.0 Å². The van der Waals surface area contributed by atoms with Gasteiger partial charge in [-0.15, -0.1) is 0 Å². The number of fused-ring (bicyclic) bond motifs is 3. The van der Waals surface area contributed by atoms with E-state index in [1.165, 1.54) is 0 Å². The number of rotatable bonds is 5. The van der Waals surface area contributed by atoms with Crippen molar-refractivity contribution in [1.29, 1.82) is 0 Å². The molecule has 0 bridgehead atoms. The SMILES string of the molecule is CCOC(=O)NCCO/C(=N\C(=O)c1ccccc1)N1Cc2ccccc2-c2ccccc2C1. The van der Waals surface area contributed by atoms with E-state index >= 15 is 0 Å². The molecule has 1 heterocycles. The summed E-state index contributed by atoms with van der Waals surface area (Å²) in [5, 5.41) is 2.63. The Bertz CT molecular complexity index is 1130. The van der Waals surface area contributed by atoms with Gasteiger partial charge in [0.05, 0.1) is 13.2 Å². The van der Waals surface area contributed by atoms with Crippen molar-refractivity contribution < 1.29 is 19.1 Å². The Balaban J connectivity index is 1.62. The van der Waals surface area contributed by atoms with Gasteiger partial charge in [-0.2, -0.15) is 4.99 Å². The lowest BCUT2D eigenvalue weighted by atomic mass is 9.97. The lowest BCUT2D eigenvalue weighted by molar-refractivity contribution is 0.0991. The van der Waals surface area contributed by atoms with Gasteiger partial charge >= 0.3 is 6.09 Å². The van der Waals surface area contributed by atoms with Gasteiger partial charge in [0, 0.05) is 18.7 Å². The number of aliphatic imine (C=N–C) groups is 1. The molecule has 0 unspecified atom stereocenters. The van der Waals surface area contributed by atoms with Crippen LogP contribution >= 0.6 is 0 Å². The molecule has 7 nitrogen and oxygen atoms in total. The Morgan fingerprint density at radius 2 is 1.44 bits per heavy atom. The zero-order chi connectivity index (χ0) is 23.8. The van der Waals surface area contributed by atoms with Crippen molar-refractivity contribution in [1.82, 2.24) is 10.2 Å². The maximum Gasteiger partial charge on any atom is 0.407 e. The Kier molecular flexibility index (Phi) is 7.55. The molecule has 2 amide bonds. The van der Waals surface area contributed by atoms with Gasteiger partial charge in [0.15, 0.2) is 0 Å². The maximum absolute atomic E-state index is 12.9. The second-order valence-electron chi connectivity index (χ2n) is 7.73. The van der Waals surface area contributed by atoms with Crippen molar-refractivity contribution in [3.63, 3.8) is 0 Å². The van der Waals surface area contributed by atoms with E-state index in [1.807, 2.05) is 35.2 Å². The standard InChI is InChI=1S/C27H27N3O4/c1-2-33-27(32)28-16-17-34-26(29-25(31)20-10-4-3-5-11-20)30-18-21-12-6-8-14-23(21)24-15-9-7-13-22(24)19-30/h3-15H,2,16-19H2,1H3,(H,28,32)/b29-26-. The summed E-state index contributed by atoms with van der Waals surface area (Å²) in [5.74, 6) is -0.389. The monoisotopic (exact) mass is 457 g/mol. The second-order valence-corrected chi connectivity index (χ2v) is 7.73. The Labute approximate surface area is 199 Å². The van der Waals surface area contributed by atoms with Crippen molar-refractivity contribution >= 4 is 18.0 Å². The summed E-state index contributed by atoms with van der Waals surface area (Å²) in [4.78, 5) is 30.8. The molecule has 3 aromatic carbocycles. The molecule has 0 spiro atoms. The predicted octanol–water partition coefficient (Wildman–Crippen LogP) is 4.63. The van der Waals surface area contributed by atoms with Crippen LogP contribution in [0.4, 0.5) is 4.79 Å². The van der Waals surface area contributed by atoms with Crippen molar-refractivity contribution in [2.75, 3.05) is 19.8 Å². The van der Waals surface area contributed by atoms with Crippen molar-refractivity contribution in [2.24, 2.45) is 4.99 Å². The van der Waals surface area contributed by atoms with Crippen LogP contribution in [-0.2, 0) is 22.6 Å². The van der Waals surface area contributed by atoms with Gasteiger partial charge in [0.25, 0.3) is 11.9 Å². The minimum atomic E-state index is -0.512. The lowest BCUT2D eigenvalue weighted by Crippen LogP contribution is -2.35. The van der Waals surface area contributed by atoms with Crippen LogP contribution in [0.5, 0.6) is 0 Å². The highest BCUT2D eigenvalue weighted by atomic mass is 16.5. The van der Waals surface area contributed by atoms with Crippen LogP contribution in [0.2, 0.25) is 0 Å². The molecule has 1 N–H and O–H groups in total. The number of hydrogen-bond acceptors (Lipinski definition) is 4. The van der Waals surface area contributed by atoms with Gasteiger partial charge in [-0.25, -0.2) is 4.79 Å². The fourth-order valence-electron chi connectivity index (χ4n) is 3.85. The molecule has 0 aliphatic carbocycles. The number of amides is 2. The van der Waals surface area contributed by atoms with Gasteiger partial charge in [-0.1, -0.05) is 66.7 Å². The van der Waals surface area contributed by atoms with Crippen LogP contribution in [-0.4, -0.2) is 42.7 Å². The van der Waals surface area contributed by atoms with Gasteiger partial charge in [0.2, 0.25) is 0 Å². The third kappa shape index (κ3) is 5.61. The number of ether oxygens (including phenoxy) is 2. The first-order chi connectivity index (χ1) is 16.7. The highest BCUT2D eigenvalue weighted by Crippen LogP contribution is 2.32. The van der Waals surface area contributed by atoms with E-state index in [2.05, 4.69) is 34.6 Å². The number of carbonyl (C=O) groups excluding carboxylic acids is 2. The summed E-state index contributed by atoms with van der Waals surface area (Å²) in [7, 11) is 0. The number of nitrogens with zero attached hydrogens (tertiary/aromatic N) is 2. The van der Waals surface area contributed by atoms with Crippen LogP contribution in [0.1, 0.15) is 28.4 Å². The molecule has 7 heteroatoms. The molecule has 0 radical (unpaired) electrons. The van der Waals surface area contributed by atoms with E-state index in [-0.39, 0.29) is 31.7 Å². The fraction of sp³-hybridized carbons (Fsp3) is 0.222. The van der Waals surface area contributed by atoms with Gasteiger partial charge in [-0.3, -0.25) is 4.79 Å². The molecule has 0 fully saturated rings. The summed E-state index contributed by atoms with van der Waals surface area (Å²) < 4.78 is 10.9. The van der Waals surface area contributed by atoms with Crippen LogP contribution in [0.3, 0.4) is 0 Å². The third-order valence-corrected chi connectivity index (χ3v) is 5.41. The summed E-state index contributed by atoms with van der Waals surface area (Å²) in [5.41, 5.74) is 5.00. The molecule has 34 heavy (non-hydrogen) atoms. The molecule has 0 atom stereocenters. The maximum atomic E-state index is 12.9. The zero-order valence-corrected chi connectivity index (χ0v) is 19.1. The molecular formula is C27H27N3O4. The number of benzene rings is 3. The summed E-state index contributed by atoms with van der Waals surface area (Å²) in [6.07, 6.45) is -0.512. The van der Waals surface area contributed by atoms with E-state index in [4.69, 9.17) is 9.47 Å². The fourth-order valence-corrected chi connectivity index (χ4v) is 3.85. The first-order valence-electron chi connectivity index (χ1n) is 11.3. The van der Waals surface area contributed by atoms with Crippen LogP contribution in [0.25, 0.3) is 11.1 Å². The first kappa shape index (κ1) is 23.0. The minimum absolute atomic E-state index is 0.138. The number of amidine groups is 1. The summed E-state index contributed by atoms with van der Waals surface area (Å²) >= 11 is 0. The quantitative estimate of drug-likeness (QED) is 0.343. The topological polar surface area (TPSA) is 80.2 Å². The summed E-state index contributed by atoms with van der Waals surface area (Å²) in [6.45, 7) is 3.44. The predicted molar refractivity (Wildman–Crippen MR) is 130 cm³/mol. The number of hydrogen-bond donors (Lipinski definition) is 1. The average Bonchev–Trinajstić information content (AvgIpc) is 3.03. The highest BCUT2D eigenvalue weighted by molar-refractivity contribution is 6.01. The first-order valence-corrected chi connectivity index (χ1v) is 11.3. The third-order valence-electron chi connectivity index (χ3n) is 5.41. The van der Waals surface area contributed by atoms with Crippen molar-refractivity contribution in [3.8, 4) is 11.1 Å². The van der Waals surface area contributed by atoms with E-state index in [1.54, 1.807) is 31.2 Å². The normalized spacial score (nSPS) is 12.7. The molecule has 3 aromatic rings. The van der Waals surface area contributed by atoms with E-state index in [0.717, 1.165) is 22.3 Å². The van der Waals surface area contributed by atoms with Gasteiger partial charge in [-0.05, 0) is 41.3 Å². The molecule has 0 saturated carbocycles. The Morgan fingerprint density at radius 3 is 2.06 bits per heavy atom. The molecule has 0 saturated heterocycles. The van der Waals surface area contributed by atoms with E-state index in [0.29, 0.717) is 18.7 Å². The highest BCUT2D eigenvalue weighted by Gasteiger charge is 2.23. The van der Waals surface area contributed by atoms with Crippen molar-refractivity contribution in [3.05, 3.63) is 95.6 Å². The van der Waals surface area contributed by atoms with E-state index < -0.39 is 6.09 Å². The number of carbonyl (C=O) groups is 2. The molecule has 1 aliphatic heterocycles.